The minimum atomic E-state index is -0.414. The predicted molar refractivity (Wildman–Crippen MR) is 96.7 cm³/mol. The lowest BCUT2D eigenvalue weighted by molar-refractivity contribution is -0.117. The third kappa shape index (κ3) is 4.67. The SMILES string of the molecule is O=C(NCc1ccncc1)/C(=C\c1ccco1)NC(=O)c1ccccc1. The van der Waals surface area contributed by atoms with Gasteiger partial charge in [0.15, 0.2) is 0 Å². The average molecular weight is 347 g/mol. The van der Waals surface area contributed by atoms with Gasteiger partial charge in [0.2, 0.25) is 0 Å². The molecule has 0 bridgehead atoms. The molecule has 2 N–H and O–H groups in total. The summed E-state index contributed by atoms with van der Waals surface area (Å²) in [5.41, 5.74) is 1.46. The smallest absolute Gasteiger partial charge is 0.268 e. The number of carbonyl (C=O) groups is 2. The molecule has 130 valence electrons. The van der Waals surface area contributed by atoms with Crippen molar-refractivity contribution >= 4 is 17.9 Å². The van der Waals surface area contributed by atoms with Crippen molar-refractivity contribution in [2.45, 2.75) is 6.54 Å². The Morgan fingerprint density at radius 3 is 2.46 bits per heavy atom. The maximum absolute atomic E-state index is 12.6. The van der Waals surface area contributed by atoms with Crippen LogP contribution in [0.15, 0.2) is 83.4 Å². The molecule has 3 aromatic rings. The molecule has 6 nitrogen and oxygen atoms in total. The summed E-state index contributed by atoms with van der Waals surface area (Å²) in [7, 11) is 0. The van der Waals surface area contributed by atoms with Crippen LogP contribution in [0.25, 0.3) is 6.08 Å². The maximum Gasteiger partial charge on any atom is 0.268 e. The van der Waals surface area contributed by atoms with E-state index in [-0.39, 0.29) is 11.6 Å². The topological polar surface area (TPSA) is 84.2 Å². The minimum absolute atomic E-state index is 0.0999. The van der Waals surface area contributed by atoms with Crippen molar-refractivity contribution in [3.63, 3.8) is 0 Å². The van der Waals surface area contributed by atoms with E-state index < -0.39 is 5.91 Å². The van der Waals surface area contributed by atoms with Gasteiger partial charge in [-0.15, -0.1) is 0 Å². The number of amides is 2. The van der Waals surface area contributed by atoms with Gasteiger partial charge in [0.1, 0.15) is 11.5 Å². The predicted octanol–water partition coefficient (Wildman–Crippen LogP) is 2.76. The summed E-state index contributed by atoms with van der Waals surface area (Å²) >= 11 is 0. The summed E-state index contributed by atoms with van der Waals surface area (Å²) in [5, 5.41) is 5.42. The highest BCUT2D eigenvalue weighted by molar-refractivity contribution is 6.05. The molecular formula is C20H17N3O3. The molecule has 0 saturated heterocycles. The van der Waals surface area contributed by atoms with Gasteiger partial charge in [-0.05, 0) is 42.0 Å². The fourth-order valence-corrected chi connectivity index (χ4v) is 2.24. The fourth-order valence-electron chi connectivity index (χ4n) is 2.24. The van der Waals surface area contributed by atoms with E-state index in [1.165, 1.54) is 12.3 Å². The lowest BCUT2D eigenvalue weighted by atomic mass is 10.2. The van der Waals surface area contributed by atoms with Crippen molar-refractivity contribution in [2.75, 3.05) is 0 Å². The first-order chi connectivity index (χ1) is 12.7. The van der Waals surface area contributed by atoms with Crippen molar-refractivity contribution in [3.8, 4) is 0 Å². The number of furan rings is 1. The summed E-state index contributed by atoms with van der Waals surface area (Å²) in [6, 6.07) is 15.7. The molecule has 2 aromatic heterocycles. The van der Waals surface area contributed by atoms with Crippen LogP contribution in [0.1, 0.15) is 21.7 Å². The van der Waals surface area contributed by atoms with E-state index in [0.29, 0.717) is 17.9 Å². The molecule has 6 heteroatoms. The largest absolute Gasteiger partial charge is 0.465 e. The number of pyridine rings is 1. The molecule has 0 unspecified atom stereocenters. The summed E-state index contributed by atoms with van der Waals surface area (Å²) in [5.74, 6) is -0.322. The van der Waals surface area contributed by atoms with E-state index in [4.69, 9.17) is 4.42 Å². The van der Waals surface area contributed by atoms with Crippen LogP contribution >= 0.6 is 0 Å². The standard InChI is InChI=1S/C20H17N3O3/c24-19(16-5-2-1-3-6-16)23-18(13-17-7-4-12-26-17)20(25)22-14-15-8-10-21-11-9-15/h1-13H,14H2,(H,22,25)(H,23,24)/b18-13+. The number of carbonyl (C=O) groups excluding carboxylic acids is 2. The molecule has 2 heterocycles. The second-order valence-corrected chi connectivity index (χ2v) is 5.43. The number of nitrogens with one attached hydrogen (secondary N) is 2. The highest BCUT2D eigenvalue weighted by atomic mass is 16.3. The first kappa shape index (κ1) is 17.2. The van der Waals surface area contributed by atoms with Crippen LogP contribution in [0, 0.1) is 0 Å². The third-order valence-corrected chi connectivity index (χ3v) is 3.56. The van der Waals surface area contributed by atoms with Gasteiger partial charge in [-0.1, -0.05) is 18.2 Å². The zero-order valence-electron chi connectivity index (χ0n) is 13.9. The average Bonchev–Trinajstić information content (AvgIpc) is 3.20. The van der Waals surface area contributed by atoms with Crippen LogP contribution < -0.4 is 10.6 Å². The highest BCUT2D eigenvalue weighted by Gasteiger charge is 2.15. The van der Waals surface area contributed by atoms with Crippen LogP contribution in [0.4, 0.5) is 0 Å². The van der Waals surface area contributed by atoms with E-state index in [2.05, 4.69) is 15.6 Å². The zero-order valence-corrected chi connectivity index (χ0v) is 13.9. The molecule has 0 atom stereocenters. The molecule has 0 spiro atoms. The van der Waals surface area contributed by atoms with Gasteiger partial charge in [0.05, 0.1) is 6.26 Å². The van der Waals surface area contributed by atoms with Gasteiger partial charge in [-0.3, -0.25) is 14.6 Å². The molecule has 0 aliphatic carbocycles. The molecule has 0 saturated carbocycles. The van der Waals surface area contributed by atoms with Crippen LogP contribution in [-0.2, 0) is 11.3 Å². The highest BCUT2D eigenvalue weighted by Crippen LogP contribution is 2.08. The quantitative estimate of drug-likeness (QED) is 0.672. The van der Waals surface area contributed by atoms with Gasteiger partial charge in [0.25, 0.3) is 11.8 Å². The van der Waals surface area contributed by atoms with Gasteiger partial charge in [-0.2, -0.15) is 0 Å². The molecule has 0 aliphatic rings. The lowest BCUT2D eigenvalue weighted by Crippen LogP contribution is -2.34. The Morgan fingerprint density at radius 2 is 1.77 bits per heavy atom. The second-order valence-electron chi connectivity index (χ2n) is 5.43. The van der Waals surface area contributed by atoms with Crippen LogP contribution in [-0.4, -0.2) is 16.8 Å². The first-order valence-electron chi connectivity index (χ1n) is 8.01. The van der Waals surface area contributed by atoms with E-state index in [0.717, 1.165) is 5.56 Å². The summed E-state index contributed by atoms with van der Waals surface area (Å²) < 4.78 is 5.25. The molecule has 26 heavy (non-hydrogen) atoms. The van der Waals surface area contributed by atoms with Crippen LogP contribution in [0.2, 0.25) is 0 Å². The Labute approximate surface area is 150 Å². The Morgan fingerprint density at radius 1 is 1.00 bits per heavy atom. The molecule has 0 aliphatic heterocycles. The van der Waals surface area contributed by atoms with Crippen LogP contribution in [0.5, 0.6) is 0 Å². The van der Waals surface area contributed by atoms with Crippen molar-refractivity contribution in [3.05, 3.63) is 95.8 Å². The molecule has 0 radical (unpaired) electrons. The van der Waals surface area contributed by atoms with Gasteiger partial charge < -0.3 is 15.1 Å². The molecule has 0 fully saturated rings. The Hall–Kier alpha value is -3.67. The van der Waals surface area contributed by atoms with Crippen molar-refractivity contribution < 1.29 is 14.0 Å². The Balaban J connectivity index is 1.75. The van der Waals surface area contributed by atoms with E-state index in [1.807, 2.05) is 6.07 Å². The normalized spacial score (nSPS) is 11.0. The van der Waals surface area contributed by atoms with Crippen molar-refractivity contribution in [1.82, 2.24) is 15.6 Å². The summed E-state index contributed by atoms with van der Waals surface area (Å²) in [4.78, 5) is 28.9. The molecule has 1 aromatic carbocycles. The minimum Gasteiger partial charge on any atom is -0.465 e. The number of nitrogens with zero attached hydrogens (tertiary/aromatic N) is 1. The van der Waals surface area contributed by atoms with Gasteiger partial charge in [0, 0.05) is 30.6 Å². The lowest BCUT2D eigenvalue weighted by Gasteiger charge is -2.11. The molecule has 3 rings (SSSR count). The maximum atomic E-state index is 12.6. The third-order valence-electron chi connectivity index (χ3n) is 3.56. The number of benzene rings is 1. The van der Waals surface area contributed by atoms with Gasteiger partial charge in [-0.25, -0.2) is 0 Å². The monoisotopic (exact) mass is 347 g/mol. The van der Waals surface area contributed by atoms with E-state index in [1.54, 1.807) is 60.9 Å². The number of hydrogen-bond donors (Lipinski definition) is 2. The van der Waals surface area contributed by atoms with Crippen molar-refractivity contribution in [1.29, 1.82) is 0 Å². The van der Waals surface area contributed by atoms with E-state index >= 15 is 0 Å². The fraction of sp³-hybridized carbons (Fsp3) is 0.0500. The number of aromatic nitrogens is 1. The van der Waals surface area contributed by atoms with Crippen molar-refractivity contribution in [2.24, 2.45) is 0 Å². The Kier molecular flexibility index (Phi) is 5.57. The van der Waals surface area contributed by atoms with Gasteiger partial charge >= 0.3 is 0 Å². The Bertz CT molecular complexity index is 889. The second kappa shape index (κ2) is 8.43. The summed E-state index contributed by atoms with van der Waals surface area (Å²) in [6.07, 6.45) is 6.29. The first-order valence-corrected chi connectivity index (χ1v) is 8.01. The zero-order chi connectivity index (χ0) is 18.2. The molecule has 2 amide bonds. The summed E-state index contributed by atoms with van der Waals surface area (Å²) in [6.45, 7) is 0.318. The number of hydrogen-bond acceptors (Lipinski definition) is 4. The van der Waals surface area contributed by atoms with E-state index in [9.17, 15) is 9.59 Å². The van der Waals surface area contributed by atoms with Crippen LogP contribution in [0.3, 0.4) is 0 Å². The number of rotatable bonds is 6. The molecular weight excluding hydrogens is 330 g/mol.